The second-order valence-corrected chi connectivity index (χ2v) is 7.36. The Hall–Kier alpha value is -2.93. The fraction of sp³-hybridized carbons (Fsp3) is 0.353. The Labute approximate surface area is 156 Å². The number of anilines is 1. The number of nitriles is 1. The number of alkyl halides is 2. The van der Waals surface area contributed by atoms with Crippen LogP contribution >= 0.6 is 11.3 Å². The lowest BCUT2D eigenvalue weighted by Crippen LogP contribution is -2.14. The summed E-state index contributed by atoms with van der Waals surface area (Å²) in [6.07, 6.45) is 1.000. The summed E-state index contributed by atoms with van der Waals surface area (Å²) in [4.78, 5) is 21.7. The highest BCUT2D eigenvalue weighted by Gasteiger charge is 2.24. The first-order valence-corrected chi connectivity index (χ1v) is 9.18. The van der Waals surface area contributed by atoms with Crippen molar-refractivity contribution in [2.45, 2.75) is 39.0 Å². The van der Waals surface area contributed by atoms with Gasteiger partial charge in [0.15, 0.2) is 0 Å². The molecule has 0 aliphatic heterocycles. The van der Waals surface area contributed by atoms with Gasteiger partial charge in [0.25, 0.3) is 18.1 Å². The fourth-order valence-electron chi connectivity index (χ4n) is 3.20. The van der Waals surface area contributed by atoms with E-state index in [2.05, 4.69) is 26.5 Å². The first kappa shape index (κ1) is 17.5. The summed E-state index contributed by atoms with van der Waals surface area (Å²) in [6, 6.07) is 3.36. The van der Waals surface area contributed by atoms with E-state index in [9.17, 15) is 18.8 Å². The normalized spacial score (nSPS) is 13.6. The second-order valence-electron chi connectivity index (χ2n) is 6.25. The zero-order valence-corrected chi connectivity index (χ0v) is 15.1. The summed E-state index contributed by atoms with van der Waals surface area (Å²) in [7, 11) is 0. The van der Waals surface area contributed by atoms with Crippen molar-refractivity contribution in [3.63, 3.8) is 0 Å². The minimum absolute atomic E-state index is 0.0681. The van der Waals surface area contributed by atoms with Gasteiger partial charge in [0.1, 0.15) is 16.8 Å². The van der Waals surface area contributed by atoms with Crippen molar-refractivity contribution in [3.8, 4) is 6.07 Å². The Morgan fingerprint density at radius 1 is 1.37 bits per heavy atom. The van der Waals surface area contributed by atoms with Gasteiger partial charge in [0.2, 0.25) is 5.82 Å². The van der Waals surface area contributed by atoms with Crippen molar-refractivity contribution in [1.82, 2.24) is 19.6 Å². The highest BCUT2D eigenvalue weighted by Crippen LogP contribution is 2.37. The van der Waals surface area contributed by atoms with Crippen molar-refractivity contribution >= 4 is 28.0 Å². The average Bonchev–Trinajstić information content (AvgIpc) is 3.21. The third kappa shape index (κ3) is 3.04. The second kappa shape index (κ2) is 6.66. The molecule has 0 bridgehead atoms. The van der Waals surface area contributed by atoms with Crippen LogP contribution in [0.5, 0.6) is 0 Å². The molecule has 3 heterocycles. The lowest BCUT2D eigenvalue weighted by molar-refractivity contribution is 0.101. The van der Waals surface area contributed by atoms with Crippen LogP contribution in [0.15, 0.2) is 6.07 Å². The smallest absolute Gasteiger partial charge is 0.296 e. The molecule has 3 aromatic rings. The standard InChI is InChI=1S/C17H14F2N6OS/c1-8-6-11(13(18)19)25-17(21-8)22-14(24-25)15(26)23-16-10(7-20)9-4-2-3-5-12(9)27-16/h6,13H,2-5H2,1H3,(H,23,26). The molecule has 10 heteroatoms. The summed E-state index contributed by atoms with van der Waals surface area (Å²) >= 11 is 1.37. The molecular formula is C17H14F2N6OS. The molecule has 0 saturated heterocycles. The highest BCUT2D eigenvalue weighted by atomic mass is 32.1. The van der Waals surface area contributed by atoms with Gasteiger partial charge in [-0.15, -0.1) is 16.4 Å². The maximum Gasteiger partial charge on any atom is 0.296 e. The van der Waals surface area contributed by atoms with Gasteiger partial charge in [-0.25, -0.2) is 13.8 Å². The van der Waals surface area contributed by atoms with Crippen LogP contribution in [0.4, 0.5) is 13.8 Å². The number of carbonyl (C=O) groups excluding carboxylic acids is 1. The molecule has 0 unspecified atom stereocenters. The number of nitrogens with one attached hydrogen (secondary N) is 1. The first-order valence-electron chi connectivity index (χ1n) is 8.36. The van der Waals surface area contributed by atoms with Crippen molar-refractivity contribution in [1.29, 1.82) is 5.26 Å². The number of hydrogen-bond donors (Lipinski definition) is 1. The van der Waals surface area contributed by atoms with E-state index >= 15 is 0 Å². The van der Waals surface area contributed by atoms with Crippen molar-refractivity contribution in [2.75, 3.05) is 5.32 Å². The van der Waals surface area contributed by atoms with Gasteiger partial charge >= 0.3 is 0 Å². The number of aryl methyl sites for hydroxylation is 2. The largest absolute Gasteiger partial charge is 0.310 e. The van der Waals surface area contributed by atoms with E-state index in [1.807, 2.05) is 0 Å². The number of fused-ring (bicyclic) bond motifs is 2. The van der Waals surface area contributed by atoms with Gasteiger partial charge in [-0.05, 0) is 44.2 Å². The summed E-state index contributed by atoms with van der Waals surface area (Å²) in [5.74, 6) is -1.000. The van der Waals surface area contributed by atoms with Crippen molar-refractivity contribution < 1.29 is 13.6 Å². The quantitative estimate of drug-likeness (QED) is 0.741. The highest BCUT2D eigenvalue weighted by molar-refractivity contribution is 7.16. The fourth-order valence-corrected chi connectivity index (χ4v) is 4.43. The van der Waals surface area contributed by atoms with E-state index < -0.39 is 12.3 Å². The third-order valence-electron chi connectivity index (χ3n) is 4.40. The van der Waals surface area contributed by atoms with Gasteiger partial charge in [-0.1, -0.05) is 0 Å². The Morgan fingerprint density at radius 2 is 2.15 bits per heavy atom. The van der Waals surface area contributed by atoms with E-state index in [0.29, 0.717) is 16.3 Å². The monoisotopic (exact) mass is 388 g/mol. The van der Waals surface area contributed by atoms with Crippen LogP contribution in [0.25, 0.3) is 5.78 Å². The Bertz CT molecular complexity index is 1100. The molecule has 0 radical (unpaired) electrons. The van der Waals surface area contributed by atoms with E-state index in [1.54, 1.807) is 6.92 Å². The van der Waals surface area contributed by atoms with Gasteiger partial charge in [-0.2, -0.15) is 14.8 Å². The van der Waals surface area contributed by atoms with E-state index in [-0.39, 0.29) is 17.3 Å². The van der Waals surface area contributed by atoms with Crippen LogP contribution < -0.4 is 5.32 Å². The predicted molar refractivity (Wildman–Crippen MR) is 94.1 cm³/mol. The van der Waals surface area contributed by atoms with Crippen LogP contribution in [-0.2, 0) is 12.8 Å². The summed E-state index contributed by atoms with van der Waals surface area (Å²) in [6.45, 7) is 1.57. The molecule has 138 valence electrons. The van der Waals surface area contributed by atoms with Crippen LogP contribution in [-0.4, -0.2) is 25.5 Å². The Kier molecular flexibility index (Phi) is 4.31. The number of amides is 1. The molecule has 0 aromatic carbocycles. The number of hydrogen-bond acceptors (Lipinski definition) is 6. The van der Waals surface area contributed by atoms with Gasteiger partial charge in [-0.3, -0.25) is 4.79 Å². The molecule has 0 saturated carbocycles. The first-order chi connectivity index (χ1) is 13.0. The maximum atomic E-state index is 13.2. The lowest BCUT2D eigenvalue weighted by Gasteiger charge is -2.09. The van der Waals surface area contributed by atoms with Crippen molar-refractivity contribution in [2.24, 2.45) is 0 Å². The van der Waals surface area contributed by atoms with E-state index in [0.717, 1.165) is 40.6 Å². The summed E-state index contributed by atoms with van der Waals surface area (Å²) < 4.78 is 27.3. The molecule has 1 amide bonds. The molecule has 7 nitrogen and oxygen atoms in total. The van der Waals surface area contributed by atoms with Crippen LogP contribution in [0.3, 0.4) is 0 Å². The molecule has 27 heavy (non-hydrogen) atoms. The SMILES string of the molecule is Cc1cc(C(F)F)n2nc(C(=O)Nc3sc4c(c3C#N)CCCC4)nc2n1. The molecule has 4 rings (SSSR count). The van der Waals surface area contributed by atoms with Crippen molar-refractivity contribution in [3.05, 3.63) is 39.3 Å². The molecule has 3 aromatic heterocycles. The number of thiophene rings is 1. The van der Waals surface area contributed by atoms with Crippen LogP contribution in [0.1, 0.15) is 57.3 Å². The van der Waals surface area contributed by atoms with E-state index in [1.165, 1.54) is 17.4 Å². The van der Waals surface area contributed by atoms with Gasteiger partial charge < -0.3 is 5.32 Å². The Morgan fingerprint density at radius 3 is 2.89 bits per heavy atom. The minimum Gasteiger partial charge on any atom is -0.310 e. The zero-order chi connectivity index (χ0) is 19.1. The Balaban J connectivity index is 1.69. The number of nitrogens with zero attached hydrogens (tertiary/aromatic N) is 5. The average molecular weight is 388 g/mol. The van der Waals surface area contributed by atoms with Crippen LogP contribution in [0, 0.1) is 18.3 Å². The minimum atomic E-state index is -2.78. The molecule has 1 N–H and O–H groups in total. The molecule has 0 spiro atoms. The van der Waals surface area contributed by atoms with Gasteiger partial charge in [0.05, 0.1) is 5.56 Å². The topological polar surface area (TPSA) is 96.0 Å². The lowest BCUT2D eigenvalue weighted by atomic mass is 9.96. The maximum absolute atomic E-state index is 13.2. The molecule has 1 aliphatic rings. The zero-order valence-electron chi connectivity index (χ0n) is 14.3. The number of carbonyl (C=O) groups is 1. The number of aromatic nitrogens is 4. The van der Waals surface area contributed by atoms with Crippen LogP contribution in [0.2, 0.25) is 0 Å². The molecule has 1 aliphatic carbocycles. The van der Waals surface area contributed by atoms with E-state index in [4.69, 9.17) is 0 Å². The number of rotatable bonds is 3. The third-order valence-corrected chi connectivity index (χ3v) is 5.61. The molecule has 0 atom stereocenters. The van der Waals surface area contributed by atoms with Gasteiger partial charge in [0, 0.05) is 10.6 Å². The molecular weight excluding hydrogens is 374 g/mol. The number of halogens is 2. The summed E-state index contributed by atoms with van der Waals surface area (Å²) in [5.41, 5.74) is 1.43. The molecule has 0 fully saturated rings. The predicted octanol–water partition coefficient (Wildman–Crippen LogP) is 3.43. The summed E-state index contributed by atoms with van der Waals surface area (Å²) in [5, 5.41) is 16.5.